The van der Waals surface area contributed by atoms with Gasteiger partial charge in [-0.15, -0.1) is 0 Å². The Morgan fingerprint density at radius 1 is 0.857 bits per heavy atom. The number of phenols is 3. The third-order valence-corrected chi connectivity index (χ3v) is 2.95. The average Bonchev–Trinajstić information content (AvgIpc) is 2.38. The van der Waals surface area contributed by atoms with Gasteiger partial charge < -0.3 is 19.7 Å². The van der Waals surface area contributed by atoms with E-state index in [2.05, 4.69) is 0 Å². The first-order valence-corrected chi connectivity index (χ1v) is 5.84. The maximum Gasteiger partial charge on any atom is 0.197 e. The van der Waals surface area contributed by atoms with Crippen LogP contribution in [0.15, 0.2) is 51.7 Å². The van der Waals surface area contributed by atoms with Crippen LogP contribution in [0, 0.1) is 0 Å². The quantitative estimate of drug-likeness (QED) is 0.599. The molecule has 6 heteroatoms. The first-order valence-electron chi connectivity index (χ1n) is 5.84. The molecule has 3 aromatic rings. The number of benzene rings is 2. The van der Waals surface area contributed by atoms with Crippen LogP contribution < -0.4 is 5.43 Å². The minimum absolute atomic E-state index is 0. The van der Waals surface area contributed by atoms with Gasteiger partial charge in [0, 0.05) is 41.1 Å². The third kappa shape index (κ3) is 2.72. The molecular weight excluding hydrogens is 287 g/mol. The van der Waals surface area contributed by atoms with E-state index in [0.717, 1.165) is 6.07 Å². The lowest BCUT2D eigenvalue weighted by molar-refractivity contribution is 0.452. The van der Waals surface area contributed by atoms with E-state index in [-0.39, 0.29) is 51.3 Å². The molecule has 1 aromatic heterocycles. The van der Waals surface area contributed by atoms with Crippen molar-refractivity contribution in [2.75, 3.05) is 0 Å². The monoisotopic (exact) mass is 297 g/mol. The molecule has 0 aliphatic heterocycles. The van der Waals surface area contributed by atoms with Crippen molar-refractivity contribution in [1.29, 1.82) is 0 Å². The lowest BCUT2D eigenvalue weighted by Crippen LogP contribution is -2.00. The fourth-order valence-electron chi connectivity index (χ4n) is 2.02. The Morgan fingerprint density at radius 3 is 2.19 bits per heavy atom. The lowest BCUT2D eigenvalue weighted by Gasteiger charge is -2.05. The Morgan fingerprint density at radius 2 is 1.52 bits per heavy atom. The van der Waals surface area contributed by atoms with Crippen molar-refractivity contribution in [2.24, 2.45) is 0 Å². The summed E-state index contributed by atoms with van der Waals surface area (Å²) in [6.45, 7) is 0. The zero-order chi connectivity index (χ0) is 14.3. The van der Waals surface area contributed by atoms with Crippen LogP contribution in [0.25, 0.3) is 22.3 Å². The number of rotatable bonds is 1. The SMILES string of the molecule is O=c1cc(-c2ccc(O)cc2)oc2cc(O)cc(O)c12.[Al]. The van der Waals surface area contributed by atoms with E-state index in [1.807, 2.05) is 0 Å². The second kappa shape index (κ2) is 5.52. The second-order valence-electron chi connectivity index (χ2n) is 4.36. The van der Waals surface area contributed by atoms with E-state index in [0.29, 0.717) is 5.56 Å². The molecule has 0 aliphatic carbocycles. The van der Waals surface area contributed by atoms with Gasteiger partial charge in [-0.05, 0) is 24.3 Å². The molecule has 0 atom stereocenters. The van der Waals surface area contributed by atoms with Gasteiger partial charge in [0.15, 0.2) is 5.43 Å². The first kappa shape index (κ1) is 15.0. The molecule has 3 N–H and O–H groups in total. The van der Waals surface area contributed by atoms with E-state index in [1.54, 1.807) is 12.1 Å². The summed E-state index contributed by atoms with van der Waals surface area (Å²) in [7, 11) is 0. The highest BCUT2D eigenvalue weighted by molar-refractivity contribution is 5.85. The molecule has 0 bridgehead atoms. The van der Waals surface area contributed by atoms with Crippen molar-refractivity contribution < 1.29 is 19.7 Å². The smallest absolute Gasteiger partial charge is 0.197 e. The number of hydrogen-bond acceptors (Lipinski definition) is 5. The predicted octanol–water partition coefficient (Wildman–Crippen LogP) is 2.20. The van der Waals surface area contributed by atoms with Gasteiger partial charge in [-0.2, -0.15) is 0 Å². The molecule has 3 radical (unpaired) electrons. The van der Waals surface area contributed by atoms with Crippen LogP contribution in [0.5, 0.6) is 17.2 Å². The molecule has 21 heavy (non-hydrogen) atoms. The maximum atomic E-state index is 12.0. The molecule has 0 aliphatic rings. The van der Waals surface area contributed by atoms with Crippen molar-refractivity contribution >= 4 is 28.3 Å². The fourth-order valence-corrected chi connectivity index (χ4v) is 2.02. The van der Waals surface area contributed by atoms with E-state index >= 15 is 0 Å². The molecule has 0 saturated heterocycles. The van der Waals surface area contributed by atoms with Crippen LogP contribution >= 0.6 is 0 Å². The Balaban J connectivity index is 0.00000161. The highest BCUT2D eigenvalue weighted by Crippen LogP contribution is 2.30. The molecule has 0 fully saturated rings. The van der Waals surface area contributed by atoms with E-state index < -0.39 is 5.43 Å². The molecule has 103 valence electrons. The summed E-state index contributed by atoms with van der Waals surface area (Å²) in [6.07, 6.45) is 0. The van der Waals surface area contributed by atoms with Crippen molar-refractivity contribution in [3.63, 3.8) is 0 Å². The minimum Gasteiger partial charge on any atom is -0.508 e. The fraction of sp³-hybridized carbons (Fsp3) is 0. The van der Waals surface area contributed by atoms with Gasteiger partial charge in [0.1, 0.15) is 34.0 Å². The van der Waals surface area contributed by atoms with Crippen molar-refractivity contribution in [3.05, 3.63) is 52.7 Å². The highest BCUT2D eigenvalue weighted by Gasteiger charge is 2.11. The molecule has 1 heterocycles. The summed E-state index contributed by atoms with van der Waals surface area (Å²) >= 11 is 0. The standard InChI is InChI=1S/C15H10O5.Al/c16-9-3-1-8(2-4-9)13-7-12(19)15-11(18)5-10(17)6-14(15)20-13;/h1-7,16-18H;. The van der Waals surface area contributed by atoms with Gasteiger partial charge in [-0.3, -0.25) is 4.79 Å². The average molecular weight is 297 g/mol. The molecule has 2 aromatic carbocycles. The summed E-state index contributed by atoms with van der Waals surface area (Å²) in [6, 6.07) is 9.74. The Kier molecular flexibility index (Phi) is 3.94. The molecule has 5 nitrogen and oxygen atoms in total. The van der Waals surface area contributed by atoms with Crippen LogP contribution in [-0.4, -0.2) is 32.7 Å². The second-order valence-corrected chi connectivity index (χ2v) is 4.36. The van der Waals surface area contributed by atoms with Crippen molar-refractivity contribution in [1.82, 2.24) is 0 Å². The third-order valence-electron chi connectivity index (χ3n) is 2.95. The molecule has 3 rings (SSSR count). The number of phenolic OH excluding ortho intramolecular Hbond substituents is 3. The minimum atomic E-state index is -0.410. The zero-order valence-electron chi connectivity index (χ0n) is 10.8. The van der Waals surface area contributed by atoms with Gasteiger partial charge in [-0.25, -0.2) is 0 Å². The van der Waals surface area contributed by atoms with Crippen LogP contribution in [0.3, 0.4) is 0 Å². The van der Waals surface area contributed by atoms with Crippen LogP contribution in [0.1, 0.15) is 0 Å². The molecule has 0 saturated carbocycles. The van der Waals surface area contributed by atoms with Gasteiger partial charge in [0.05, 0.1) is 0 Å². The lowest BCUT2D eigenvalue weighted by atomic mass is 10.1. The van der Waals surface area contributed by atoms with Crippen LogP contribution in [-0.2, 0) is 0 Å². The zero-order valence-corrected chi connectivity index (χ0v) is 11.9. The largest absolute Gasteiger partial charge is 0.508 e. The summed E-state index contributed by atoms with van der Waals surface area (Å²) in [5, 5.41) is 28.4. The van der Waals surface area contributed by atoms with E-state index in [9.17, 15) is 20.1 Å². The normalized spacial score (nSPS) is 10.3. The van der Waals surface area contributed by atoms with Gasteiger partial charge >= 0.3 is 0 Å². The Labute approximate surface area is 129 Å². The molecule has 0 unspecified atom stereocenters. The summed E-state index contributed by atoms with van der Waals surface area (Å²) in [4.78, 5) is 12.0. The topological polar surface area (TPSA) is 90.9 Å². The maximum absolute atomic E-state index is 12.0. The Bertz CT molecular complexity index is 852. The molecular formula is C15H10AlO5. The number of fused-ring (bicyclic) bond motifs is 1. The highest BCUT2D eigenvalue weighted by atomic mass is 27.0. The summed E-state index contributed by atoms with van der Waals surface area (Å²) < 4.78 is 5.53. The van der Waals surface area contributed by atoms with Crippen molar-refractivity contribution in [3.8, 4) is 28.6 Å². The Hall–Kier alpha value is -2.42. The van der Waals surface area contributed by atoms with E-state index in [1.165, 1.54) is 24.3 Å². The number of aromatic hydroxyl groups is 3. The van der Waals surface area contributed by atoms with Crippen LogP contribution in [0.2, 0.25) is 0 Å². The van der Waals surface area contributed by atoms with E-state index in [4.69, 9.17) is 4.42 Å². The van der Waals surface area contributed by atoms with Crippen molar-refractivity contribution in [2.45, 2.75) is 0 Å². The summed E-state index contributed by atoms with van der Waals surface area (Å²) in [5.74, 6) is -0.133. The van der Waals surface area contributed by atoms with Gasteiger partial charge in [0.2, 0.25) is 0 Å². The first-order chi connectivity index (χ1) is 9.54. The van der Waals surface area contributed by atoms with Gasteiger partial charge in [0.25, 0.3) is 0 Å². The van der Waals surface area contributed by atoms with Crippen LogP contribution in [0.4, 0.5) is 0 Å². The van der Waals surface area contributed by atoms with Gasteiger partial charge in [-0.1, -0.05) is 0 Å². The molecule has 0 amide bonds. The molecule has 0 spiro atoms. The predicted molar refractivity (Wildman–Crippen MR) is 78.7 cm³/mol. The summed E-state index contributed by atoms with van der Waals surface area (Å²) in [5.41, 5.74) is 0.287. The number of hydrogen-bond donors (Lipinski definition) is 3.